The summed E-state index contributed by atoms with van der Waals surface area (Å²) in [5, 5.41) is 8.40. The number of rotatable bonds is 6. The van der Waals surface area contributed by atoms with Crippen molar-refractivity contribution in [2.24, 2.45) is 0 Å². The highest BCUT2D eigenvalue weighted by Gasteiger charge is 2.19. The molecule has 4 heterocycles. The van der Waals surface area contributed by atoms with E-state index in [0.717, 1.165) is 66.4 Å². The van der Waals surface area contributed by atoms with Crippen molar-refractivity contribution in [2.75, 3.05) is 31.5 Å². The average molecular weight is 467 g/mol. The molecule has 9 heteroatoms. The molecule has 1 aliphatic heterocycles. The molecule has 0 atom stereocenters. The van der Waals surface area contributed by atoms with E-state index >= 15 is 0 Å². The molecule has 4 aromatic rings. The second-order valence-electron chi connectivity index (χ2n) is 8.26. The van der Waals surface area contributed by atoms with Gasteiger partial charge in [0.2, 0.25) is 0 Å². The highest BCUT2D eigenvalue weighted by atomic mass is 32.1. The smallest absolute Gasteiger partial charge is 0.258 e. The summed E-state index contributed by atoms with van der Waals surface area (Å²) in [6.45, 7) is 9.72. The number of nitrogens with zero attached hydrogens (tertiary/aromatic N) is 5. The van der Waals surface area contributed by atoms with Gasteiger partial charge in [0.1, 0.15) is 0 Å². The fourth-order valence-electron chi connectivity index (χ4n) is 3.91. The van der Waals surface area contributed by atoms with Crippen LogP contribution >= 0.6 is 22.7 Å². The van der Waals surface area contributed by atoms with Crippen LogP contribution in [0.15, 0.2) is 46.0 Å². The van der Waals surface area contributed by atoms with Crippen LogP contribution in [-0.2, 0) is 13.1 Å². The second kappa shape index (κ2) is 9.11. The largest absolute Gasteiger partial charge is 0.332 e. The topological polar surface area (TPSA) is 65.8 Å². The first-order chi connectivity index (χ1) is 15.5. The maximum Gasteiger partial charge on any atom is 0.258 e. The van der Waals surface area contributed by atoms with Crippen LogP contribution in [0.3, 0.4) is 0 Å². The standard InChI is InChI=1S/C23H26N6OS2/c1-16-3-4-18(11-17(16)2)24-22-25-20(15-32-22)14-28-7-5-27(6-8-28)13-19-12-21(30)29-9-10-31-23(29)26-19/h3-4,9-12,15H,5-8,13-14H2,1-2H3,(H,24,25). The maximum absolute atomic E-state index is 12.2. The van der Waals surface area contributed by atoms with Gasteiger partial charge in [0.15, 0.2) is 10.1 Å². The van der Waals surface area contributed by atoms with E-state index in [1.54, 1.807) is 28.0 Å². The summed E-state index contributed by atoms with van der Waals surface area (Å²) < 4.78 is 1.60. The van der Waals surface area contributed by atoms with Crippen molar-refractivity contribution < 1.29 is 0 Å². The van der Waals surface area contributed by atoms with Crippen molar-refractivity contribution in [2.45, 2.75) is 26.9 Å². The van der Waals surface area contributed by atoms with Crippen LogP contribution in [0, 0.1) is 13.8 Å². The highest BCUT2D eigenvalue weighted by molar-refractivity contribution is 7.15. The van der Waals surface area contributed by atoms with Crippen molar-refractivity contribution in [3.05, 3.63) is 74.1 Å². The Balaban J connectivity index is 1.14. The molecule has 0 aliphatic carbocycles. The van der Waals surface area contributed by atoms with Gasteiger partial charge < -0.3 is 5.32 Å². The molecule has 5 rings (SSSR count). The summed E-state index contributed by atoms with van der Waals surface area (Å²) in [4.78, 5) is 27.2. The number of hydrogen-bond acceptors (Lipinski definition) is 8. The lowest BCUT2D eigenvalue weighted by Crippen LogP contribution is -2.45. The Bertz CT molecular complexity index is 1290. The van der Waals surface area contributed by atoms with Crippen molar-refractivity contribution in [1.82, 2.24) is 24.2 Å². The molecule has 1 aromatic carbocycles. The van der Waals surface area contributed by atoms with Crippen LogP contribution in [0.5, 0.6) is 0 Å². The Morgan fingerprint density at radius 2 is 1.69 bits per heavy atom. The third-order valence-electron chi connectivity index (χ3n) is 5.90. The third kappa shape index (κ3) is 4.75. The molecule has 0 bridgehead atoms. The number of nitrogens with one attached hydrogen (secondary N) is 1. The van der Waals surface area contributed by atoms with Gasteiger partial charge in [-0.1, -0.05) is 6.07 Å². The Morgan fingerprint density at radius 3 is 2.44 bits per heavy atom. The van der Waals surface area contributed by atoms with Gasteiger partial charge in [-0.25, -0.2) is 9.97 Å². The number of aromatic nitrogens is 3. The minimum Gasteiger partial charge on any atom is -0.332 e. The Morgan fingerprint density at radius 1 is 0.938 bits per heavy atom. The highest BCUT2D eigenvalue weighted by Crippen LogP contribution is 2.23. The quantitative estimate of drug-likeness (QED) is 0.465. The summed E-state index contributed by atoms with van der Waals surface area (Å²) >= 11 is 3.15. The molecule has 1 N–H and O–H groups in total. The first-order valence-electron chi connectivity index (χ1n) is 10.7. The van der Waals surface area contributed by atoms with E-state index in [4.69, 9.17) is 4.98 Å². The summed E-state index contributed by atoms with van der Waals surface area (Å²) in [5.74, 6) is 0. The zero-order chi connectivity index (χ0) is 22.1. The summed E-state index contributed by atoms with van der Waals surface area (Å²) in [6, 6.07) is 8.05. The van der Waals surface area contributed by atoms with Crippen molar-refractivity contribution >= 4 is 38.5 Å². The lowest BCUT2D eigenvalue weighted by molar-refractivity contribution is 0.120. The summed E-state index contributed by atoms with van der Waals surface area (Å²) in [7, 11) is 0. The molecule has 0 radical (unpaired) electrons. The molecule has 0 spiro atoms. The molecule has 0 unspecified atom stereocenters. The van der Waals surface area contributed by atoms with Gasteiger partial charge in [-0.15, -0.1) is 22.7 Å². The SMILES string of the molecule is Cc1ccc(Nc2nc(CN3CCN(Cc4cc(=O)n5ccsc5n4)CC3)cs2)cc1C. The van der Waals surface area contributed by atoms with Crippen LogP contribution in [-0.4, -0.2) is 50.3 Å². The molecular formula is C23H26N6OS2. The average Bonchev–Trinajstić information content (AvgIpc) is 3.42. The van der Waals surface area contributed by atoms with E-state index in [-0.39, 0.29) is 5.56 Å². The minimum atomic E-state index is -0.00127. The zero-order valence-corrected chi connectivity index (χ0v) is 19.9. The fourth-order valence-corrected chi connectivity index (χ4v) is 5.37. The molecule has 166 valence electrons. The molecule has 0 saturated carbocycles. The van der Waals surface area contributed by atoms with Gasteiger partial charge in [0, 0.05) is 68.0 Å². The molecule has 0 amide bonds. The van der Waals surface area contributed by atoms with Crippen LogP contribution in [0.1, 0.15) is 22.5 Å². The predicted molar refractivity (Wildman–Crippen MR) is 131 cm³/mol. The van der Waals surface area contributed by atoms with E-state index in [2.05, 4.69) is 57.5 Å². The summed E-state index contributed by atoms with van der Waals surface area (Å²) in [5.41, 5.74) is 5.61. The Kier molecular flexibility index (Phi) is 6.05. The van der Waals surface area contributed by atoms with Gasteiger partial charge in [-0.05, 0) is 37.1 Å². The third-order valence-corrected chi connectivity index (χ3v) is 7.47. The zero-order valence-electron chi connectivity index (χ0n) is 18.2. The number of fused-ring (bicyclic) bond motifs is 1. The van der Waals surface area contributed by atoms with Crippen molar-refractivity contribution in [3.8, 4) is 0 Å². The van der Waals surface area contributed by atoms with Gasteiger partial charge in [-0.3, -0.25) is 19.0 Å². The van der Waals surface area contributed by atoms with Crippen molar-refractivity contribution in [3.63, 3.8) is 0 Å². The summed E-state index contributed by atoms with van der Waals surface area (Å²) in [6.07, 6.45) is 1.78. The molecular weight excluding hydrogens is 440 g/mol. The fraction of sp³-hybridized carbons (Fsp3) is 0.348. The number of hydrogen-bond donors (Lipinski definition) is 1. The van der Waals surface area contributed by atoms with Gasteiger partial charge in [0.05, 0.1) is 11.4 Å². The van der Waals surface area contributed by atoms with Crippen molar-refractivity contribution in [1.29, 1.82) is 0 Å². The monoisotopic (exact) mass is 466 g/mol. The molecule has 1 aliphatic rings. The van der Waals surface area contributed by atoms with Crippen LogP contribution in [0.4, 0.5) is 10.8 Å². The normalized spacial score (nSPS) is 15.4. The van der Waals surface area contributed by atoms with E-state index in [0.29, 0.717) is 0 Å². The lowest BCUT2D eigenvalue weighted by Gasteiger charge is -2.34. The molecule has 32 heavy (non-hydrogen) atoms. The van der Waals surface area contributed by atoms with Gasteiger partial charge >= 0.3 is 0 Å². The number of thiazole rings is 2. The van der Waals surface area contributed by atoms with E-state index in [1.165, 1.54) is 22.5 Å². The van der Waals surface area contributed by atoms with Crippen LogP contribution in [0.2, 0.25) is 0 Å². The van der Waals surface area contributed by atoms with E-state index < -0.39 is 0 Å². The lowest BCUT2D eigenvalue weighted by atomic mass is 10.1. The van der Waals surface area contributed by atoms with E-state index in [9.17, 15) is 4.79 Å². The number of anilines is 2. The van der Waals surface area contributed by atoms with Crippen LogP contribution < -0.4 is 10.9 Å². The number of aryl methyl sites for hydroxylation is 2. The number of benzene rings is 1. The Hall–Kier alpha value is -2.59. The molecule has 7 nitrogen and oxygen atoms in total. The minimum absolute atomic E-state index is 0.00127. The predicted octanol–water partition coefficient (Wildman–Crippen LogP) is 3.89. The molecule has 3 aromatic heterocycles. The molecule has 1 saturated heterocycles. The molecule has 1 fully saturated rings. The number of piperazine rings is 1. The van der Waals surface area contributed by atoms with Gasteiger partial charge in [0.25, 0.3) is 5.56 Å². The maximum atomic E-state index is 12.2. The van der Waals surface area contributed by atoms with Gasteiger partial charge in [-0.2, -0.15) is 0 Å². The second-order valence-corrected chi connectivity index (χ2v) is 9.99. The van der Waals surface area contributed by atoms with Crippen LogP contribution in [0.25, 0.3) is 4.96 Å². The first kappa shape index (κ1) is 21.3. The Labute approximate surface area is 195 Å². The first-order valence-corrected chi connectivity index (χ1v) is 12.5. The van der Waals surface area contributed by atoms with E-state index in [1.807, 2.05) is 5.38 Å².